The number of carbonyl (C=O) groups is 1. The molecule has 0 heterocycles. The maximum Gasteiger partial charge on any atom is 0.221 e. The Balaban J connectivity index is 1.83. The van der Waals surface area contributed by atoms with Crippen molar-refractivity contribution >= 4 is 22.7 Å². The first-order valence-electron chi connectivity index (χ1n) is 9.72. The fourth-order valence-corrected chi connectivity index (χ4v) is 4.25. The topological polar surface area (TPSA) is 29.1 Å². The maximum absolute atomic E-state index is 11.6. The van der Waals surface area contributed by atoms with E-state index in [0.29, 0.717) is 0 Å². The summed E-state index contributed by atoms with van der Waals surface area (Å²) in [7, 11) is 0. The number of hydrogen-bond donors (Lipinski definition) is 1. The highest BCUT2D eigenvalue weighted by Gasteiger charge is 2.38. The summed E-state index contributed by atoms with van der Waals surface area (Å²) in [5.41, 5.74) is 8.50. The van der Waals surface area contributed by atoms with Gasteiger partial charge in [0.15, 0.2) is 0 Å². The van der Waals surface area contributed by atoms with E-state index in [1.807, 2.05) is 24.3 Å². The van der Waals surface area contributed by atoms with Crippen LogP contribution in [0.25, 0.3) is 22.3 Å². The fraction of sp³-hybridized carbons (Fsp3) is 0.192. The predicted molar refractivity (Wildman–Crippen MR) is 118 cm³/mol. The molecule has 0 atom stereocenters. The van der Waals surface area contributed by atoms with Gasteiger partial charge in [0, 0.05) is 18.2 Å². The number of amides is 1. The second-order valence-electron chi connectivity index (χ2n) is 8.09. The van der Waals surface area contributed by atoms with E-state index in [1.54, 1.807) is 6.92 Å². The lowest BCUT2D eigenvalue weighted by Crippen LogP contribution is -2.26. The Morgan fingerprint density at radius 3 is 2.18 bits per heavy atom. The van der Waals surface area contributed by atoms with Gasteiger partial charge in [-0.2, -0.15) is 0 Å². The summed E-state index contributed by atoms with van der Waals surface area (Å²) in [6.45, 7) is 6.14. The predicted octanol–water partition coefficient (Wildman–Crippen LogP) is 6.65. The third-order valence-corrected chi connectivity index (χ3v) is 5.42. The number of allylic oxidation sites excluding steroid dienone is 2. The van der Waals surface area contributed by atoms with Gasteiger partial charge in [0.1, 0.15) is 0 Å². The smallest absolute Gasteiger partial charge is 0.221 e. The van der Waals surface area contributed by atoms with Gasteiger partial charge in [-0.3, -0.25) is 4.79 Å². The molecule has 0 aliphatic heterocycles. The molecule has 3 aromatic carbocycles. The Labute approximate surface area is 166 Å². The summed E-state index contributed by atoms with van der Waals surface area (Å²) < 4.78 is 0. The first kappa shape index (κ1) is 18.2. The van der Waals surface area contributed by atoms with Gasteiger partial charge in [-0.15, -0.1) is 0 Å². The van der Waals surface area contributed by atoms with Crippen LogP contribution in [0.1, 0.15) is 38.3 Å². The Morgan fingerprint density at radius 1 is 0.821 bits per heavy atom. The van der Waals surface area contributed by atoms with Gasteiger partial charge in [0.25, 0.3) is 0 Å². The molecule has 0 spiro atoms. The van der Waals surface area contributed by atoms with Crippen LogP contribution in [0.4, 0.5) is 5.69 Å². The molecule has 3 aromatic rings. The molecule has 1 amide bonds. The third-order valence-electron chi connectivity index (χ3n) is 5.42. The van der Waals surface area contributed by atoms with Crippen LogP contribution >= 0.6 is 0 Å². The van der Waals surface area contributed by atoms with Crippen molar-refractivity contribution in [3.63, 3.8) is 0 Å². The molecule has 0 unspecified atom stereocenters. The molecule has 2 heteroatoms. The normalized spacial score (nSPS) is 15.1. The minimum atomic E-state index is -0.0424. The number of hydrogen-bond acceptors (Lipinski definition) is 1. The molecule has 28 heavy (non-hydrogen) atoms. The third kappa shape index (κ3) is 3.38. The van der Waals surface area contributed by atoms with Crippen LogP contribution < -0.4 is 5.32 Å². The highest BCUT2D eigenvalue weighted by molar-refractivity contribution is 6.04. The molecule has 1 N–H and O–H groups in total. The minimum absolute atomic E-state index is 0.0424. The van der Waals surface area contributed by atoms with Gasteiger partial charge in [-0.1, -0.05) is 80.6 Å². The number of para-hydroxylation sites is 1. The first-order chi connectivity index (χ1) is 13.5. The van der Waals surface area contributed by atoms with Gasteiger partial charge in [0.05, 0.1) is 0 Å². The van der Waals surface area contributed by atoms with E-state index >= 15 is 0 Å². The standard InChI is InChI=1S/C26H25NO/c1-18(28)27-24-15-8-7-14-22(24)23-17-26(2,3)25(23)21-13-9-12-20(16-21)19-10-5-4-6-11-19/h4-16H,17H2,1-3H3,(H,27,28). The number of rotatable bonds is 4. The Bertz CT molecular complexity index is 1060. The SMILES string of the molecule is CC(=O)Nc1ccccc1C1=C(c2cccc(-c3ccccc3)c2)C(C)(C)C1. The Hall–Kier alpha value is -3.13. The summed E-state index contributed by atoms with van der Waals surface area (Å²) in [5.74, 6) is -0.0424. The largest absolute Gasteiger partial charge is 0.326 e. The van der Waals surface area contributed by atoms with Crippen molar-refractivity contribution in [1.82, 2.24) is 0 Å². The highest BCUT2D eigenvalue weighted by Crippen LogP contribution is 2.56. The molecule has 0 aromatic heterocycles. The van der Waals surface area contributed by atoms with Crippen molar-refractivity contribution < 1.29 is 4.79 Å². The van der Waals surface area contributed by atoms with Crippen LogP contribution in [-0.2, 0) is 4.79 Å². The molecule has 0 bridgehead atoms. The van der Waals surface area contributed by atoms with Gasteiger partial charge in [0.2, 0.25) is 5.91 Å². The van der Waals surface area contributed by atoms with E-state index in [1.165, 1.54) is 27.8 Å². The monoisotopic (exact) mass is 367 g/mol. The van der Waals surface area contributed by atoms with Crippen molar-refractivity contribution in [2.24, 2.45) is 5.41 Å². The maximum atomic E-state index is 11.6. The number of carbonyl (C=O) groups excluding carboxylic acids is 1. The highest BCUT2D eigenvalue weighted by atomic mass is 16.1. The zero-order valence-corrected chi connectivity index (χ0v) is 16.6. The number of nitrogens with one attached hydrogen (secondary N) is 1. The summed E-state index contributed by atoms with van der Waals surface area (Å²) in [4.78, 5) is 11.6. The lowest BCUT2D eigenvalue weighted by molar-refractivity contribution is -0.114. The van der Waals surface area contributed by atoms with Crippen molar-refractivity contribution in [1.29, 1.82) is 0 Å². The molecule has 2 nitrogen and oxygen atoms in total. The van der Waals surface area contributed by atoms with E-state index in [-0.39, 0.29) is 11.3 Å². The van der Waals surface area contributed by atoms with Crippen LogP contribution in [0.3, 0.4) is 0 Å². The quantitative estimate of drug-likeness (QED) is 0.549. The Kier molecular flexibility index (Phi) is 4.64. The van der Waals surface area contributed by atoms with Crippen molar-refractivity contribution in [2.45, 2.75) is 27.2 Å². The second-order valence-corrected chi connectivity index (χ2v) is 8.09. The van der Waals surface area contributed by atoms with E-state index < -0.39 is 0 Å². The molecule has 0 radical (unpaired) electrons. The Morgan fingerprint density at radius 2 is 1.46 bits per heavy atom. The van der Waals surface area contributed by atoms with E-state index in [9.17, 15) is 4.79 Å². The minimum Gasteiger partial charge on any atom is -0.326 e. The van der Waals surface area contributed by atoms with Crippen LogP contribution in [0.5, 0.6) is 0 Å². The molecular weight excluding hydrogens is 342 g/mol. The van der Waals surface area contributed by atoms with Crippen LogP contribution in [0, 0.1) is 5.41 Å². The second kappa shape index (κ2) is 7.12. The van der Waals surface area contributed by atoms with Crippen molar-refractivity contribution in [3.05, 3.63) is 90.0 Å². The van der Waals surface area contributed by atoms with E-state index in [0.717, 1.165) is 17.7 Å². The van der Waals surface area contributed by atoms with Crippen LogP contribution in [-0.4, -0.2) is 5.91 Å². The molecule has 0 fully saturated rings. The molecule has 1 aliphatic rings. The van der Waals surface area contributed by atoms with Gasteiger partial charge >= 0.3 is 0 Å². The number of anilines is 1. The summed E-state index contributed by atoms with van der Waals surface area (Å²) in [6.07, 6.45) is 0.995. The van der Waals surface area contributed by atoms with Crippen molar-refractivity contribution in [3.8, 4) is 11.1 Å². The lowest BCUT2D eigenvalue weighted by Gasteiger charge is -2.42. The van der Waals surface area contributed by atoms with E-state index in [4.69, 9.17) is 0 Å². The molecule has 1 aliphatic carbocycles. The molecule has 140 valence electrons. The fourth-order valence-electron chi connectivity index (χ4n) is 4.25. The molecular formula is C26H25NO. The van der Waals surface area contributed by atoms with Gasteiger partial charge < -0.3 is 5.32 Å². The lowest BCUT2D eigenvalue weighted by atomic mass is 9.62. The molecule has 0 saturated carbocycles. The van der Waals surface area contributed by atoms with Gasteiger partial charge in [-0.25, -0.2) is 0 Å². The van der Waals surface area contributed by atoms with Crippen LogP contribution in [0.2, 0.25) is 0 Å². The zero-order chi connectivity index (χ0) is 19.7. The van der Waals surface area contributed by atoms with Crippen molar-refractivity contribution in [2.75, 3.05) is 5.32 Å². The average molecular weight is 367 g/mol. The molecule has 4 rings (SSSR count). The zero-order valence-electron chi connectivity index (χ0n) is 16.6. The summed E-state index contributed by atoms with van der Waals surface area (Å²) in [5, 5.41) is 2.99. The summed E-state index contributed by atoms with van der Waals surface area (Å²) >= 11 is 0. The van der Waals surface area contributed by atoms with E-state index in [2.05, 4.69) is 73.8 Å². The van der Waals surface area contributed by atoms with Gasteiger partial charge in [-0.05, 0) is 51.8 Å². The average Bonchev–Trinajstić information content (AvgIpc) is 2.67. The molecule has 0 saturated heterocycles. The summed E-state index contributed by atoms with van der Waals surface area (Å²) in [6, 6.07) is 27.4. The van der Waals surface area contributed by atoms with Crippen LogP contribution in [0.15, 0.2) is 78.9 Å². The first-order valence-corrected chi connectivity index (χ1v) is 9.72. The number of benzene rings is 3.